The summed E-state index contributed by atoms with van der Waals surface area (Å²) in [6.45, 7) is 7.44. The van der Waals surface area contributed by atoms with Gasteiger partial charge < -0.3 is 14.6 Å². The van der Waals surface area contributed by atoms with Crippen molar-refractivity contribution in [3.63, 3.8) is 0 Å². The van der Waals surface area contributed by atoms with E-state index < -0.39 is 0 Å². The maximum Gasteiger partial charge on any atom is 0.180 e. The van der Waals surface area contributed by atoms with Crippen LogP contribution in [0.4, 0.5) is 11.6 Å². The fourth-order valence-corrected chi connectivity index (χ4v) is 3.06. The summed E-state index contributed by atoms with van der Waals surface area (Å²) in [6.07, 6.45) is 9.69. The number of hydrogen-bond acceptors (Lipinski definition) is 4. The van der Waals surface area contributed by atoms with Gasteiger partial charge in [0.1, 0.15) is 5.82 Å². The van der Waals surface area contributed by atoms with Gasteiger partial charge in [-0.3, -0.25) is 0 Å². The Labute approximate surface area is 120 Å². The number of nitrogens with zero attached hydrogens (tertiary/aromatic N) is 4. The van der Waals surface area contributed by atoms with Gasteiger partial charge >= 0.3 is 0 Å². The number of fused-ring (bicyclic) bond motifs is 1. The van der Waals surface area contributed by atoms with Crippen molar-refractivity contribution in [3.8, 4) is 0 Å². The molecule has 0 aliphatic carbocycles. The van der Waals surface area contributed by atoms with Gasteiger partial charge in [0.05, 0.1) is 6.20 Å². The Kier molecular flexibility index (Phi) is 3.76. The molecule has 0 spiro atoms. The third-order valence-electron chi connectivity index (χ3n) is 4.00. The SMILES string of the molecule is CCCC1CCN(c2nc(NCC)cn3ccnc23)C1. The second-order valence-corrected chi connectivity index (χ2v) is 5.53. The minimum absolute atomic E-state index is 0.805. The molecule has 2 aromatic heterocycles. The lowest BCUT2D eigenvalue weighted by molar-refractivity contribution is 0.529. The molecule has 0 amide bonds. The molecule has 20 heavy (non-hydrogen) atoms. The first kappa shape index (κ1) is 13.2. The van der Waals surface area contributed by atoms with Crippen molar-refractivity contribution in [3.05, 3.63) is 18.6 Å². The molecule has 108 valence electrons. The molecule has 1 unspecified atom stereocenters. The monoisotopic (exact) mass is 273 g/mol. The highest BCUT2D eigenvalue weighted by Crippen LogP contribution is 2.28. The molecule has 1 atom stereocenters. The summed E-state index contributed by atoms with van der Waals surface area (Å²) < 4.78 is 2.06. The first-order valence-corrected chi connectivity index (χ1v) is 7.64. The van der Waals surface area contributed by atoms with E-state index in [1.54, 1.807) is 0 Å². The van der Waals surface area contributed by atoms with Crippen molar-refractivity contribution in [2.75, 3.05) is 29.9 Å². The van der Waals surface area contributed by atoms with Crippen molar-refractivity contribution in [1.29, 1.82) is 0 Å². The summed E-state index contributed by atoms with van der Waals surface area (Å²) in [6, 6.07) is 0. The zero-order valence-corrected chi connectivity index (χ0v) is 12.3. The number of nitrogens with one attached hydrogen (secondary N) is 1. The molecule has 1 aliphatic rings. The van der Waals surface area contributed by atoms with Crippen LogP contribution >= 0.6 is 0 Å². The zero-order valence-electron chi connectivity index (χ0n) is 12.3. The zero-order chi connectivity index (χ0) is 13.9. The number of aromatic nitrogens is 3. The summed E-state index contributed by atoms with van der Waals surface area (Å²) >= 11 is 0. The third kappa shape index (κ3) is 2.44. The first-order valence-electron chi connectivity index (χ1n) is 7.64. The molecule has 3 rings (SSSR count). The van der Waals surface area contributed by atoms with E-state index in [9.17, 15) is 0 Å². The van der Waals surface area contributed by atoms with E-state index in [1.165, 1.54) is 19.3 Å². The highest BCUT2D eigenvalue weighted by Gasteiger charge is 2.25. The largest absolute Gasteiger partial charge is 0.369 e. The van der Waals surface area contributed by atoms with Crippen LogP contribution in [0.3, 0.4) is 0 Å². The van der Waals surface area contributed by atoms with Crippen LogP contribution in [0.15, 0.2) is 18.6 Å². The Morgan fingerprint density at radius 3 is 3.10 bits per heavy atom. The predicted octanol–water partition coefficient (Wildman–Crippen LogP) is 2.79. The Morgan fingerprint density at radius 1 is 1.40 bits per heavy atom. The Bertz CT molecular complexity index is 577. The fraction of sp³-hybridized carbons (Fsp3) is 0.600. The maximum atomic E-state index is 4.77. The molecule has 0 radical (unpaired) electrons. The highest BCUT2D eigenvalue weighted by atomic mass is 15.3. The van der Waals surface area contributed by atoms with Crippen molar-refractivity contribution >= 4 is 17.3 Å². The predicted molar refractivity (Wildman–Crippen MR) is 82.4 cm³/mol. The van der Waals surface area contributed by atoms with Crippen molar-refractivity contribution in [2.45, 2.75) is 33.1 Å². The topological polar surface area (TPSA) is 45.5 Å². The standard InChI is InChI=1S/C15H23N5/c1-3-5-12-6-8-19(10-12)15-14-17-7-9-20(14)11-13(18-15)16-4-2/h7,9,11-12,16H,3-6,8,10H2,1-2H3. The number of rotatable bonds is 5. The molecule has 5 heteroatoms. The highest BCUT2D eigenvalue weighted by molar-refractivity contribution is 5.67. The molecule has 3 heterocycles. The maximum absolute atomic E-state index is 4.77. The third-order valence-corrected chi connectivity index (χ3v) is 4.00. The molecule has 0 bridgehead atoms. The molecule has 1 N–H and O–H groups in total. The van der Waals surface area contributed by atoms with E-state index in [2.05, 4.69) is 33.4 Å². The quantitative estimate of drug-likeness (QED) is 0.910. The number of imidazole rings is 1. The van der Waals surface area contributed by atoms with Gasteiger partial charge in [-0.2, -0.15) is 0 Å². The fourth-order valence-electron chi connectivity index (χ4n) is 3.06. The van der Waals surface area contributed by atoms with Crippen LogP contribution in [0.1, 0.15) is 33.1 Å². The van der Waals surface area contributed by atoms with Gasteiger partial charge in [0.25, 0.3) is 0 Å². The second-order valence-electron chi connectivity index (χ2n) is 5.53. The van der Waals surface area contributed by atoms with Crippen LogP contribution < -0.4 is 10.2 Å². The smallest absolute Gasteiger partial charge is 0.180 e. The summed E-state index contributed by atoms with van der Waals surface area (Å²) in [4.78, 5) is 11.6. The minimum Gasteiger partial charge on any atom is -0.369 e. The van der Waals surface area contributed by atoms with Crippen molar-refractivity contribution < 1.29 is 0 Å². The molecular formula is C15H23N5. The number of hydrogen-bond donors (Lipinski definition) is 1. The van der Waals surface area contributed by atoms with Crippen LogP contribution in [0, 0.1) is 5.92 Å². The molecule has 0 aromatic carbocycles. The normalized spacial score (nSPS) is 18.9. The minimum atomic E-state index is 0.805. The molecule has 1 fully saturated rings. The van der Waals surface area contributed by atoms with Gasteiger partial charge in [-0.1, -0.05) is 13.3 Å². The van der Waals surface area contributed by atoms with E-state index in [1.807, 2.05) is 18.6 Å². The first-order chi connectivity index (χ1) is 9.81. The molecule has 0 saturated carbocycles. The van der Waals surface area contributed by atoms with Gasteiger partial charge in [-0.05, 0) is 25.7 Å². The average Bonchev–Trinajstić information content (AvgIpc) is 3.07. The lowest BCUT2D eigenvalue weighted by Crippen LogP contribution is -2.22. The Hall–Kier alpha value is -1.78. The molecular weight excluding hydrogens is 250 g/mol. The summed E-state index contributed by atoms with van der Waals surface area (Å²) in [5.74, 6) is 2.75. The molecule has 2 aromatic rings. The summed E-state index contributed by atoms with van der Waals surface area (Å²) in [7, 11) is 0. The Morgan fingerprint density at radius 2 is 2.30 bits per heavy atom. The molecule has 5 nitrogen and oxygen atoms in total. The van der Waals surface area contributed by atoms with Gasteiger partial charge in [-0.15, -0.1) is 0 Å². The molecule has 1 aliphatic heterocycles. The van der Waals surface area contributed by atoms with E-state index in [-0.39, 0.29) is 0 Å². The summed E-state index contributed by atoms with van der Waals surface area (Å²) in [5.41, 5.74) is 0.962. The van der Waals surface area contributed by atoms with Crippen LogP contribution in [0.25, 0.3) is 5.65 Å². The van der Waals surface area contributed by atoms with Crippen LogP contribution in [0.5, 0.6) is 0 Å². The van der Waals surface area contributed by atoms with E-state index >= 15 is 0 Å². The van der Waals surface area contributed by atoms with Crippen LogP contribution in [-0.4, -0.2) is 34.0 Å². The van der Waals surface area contributed by atoms with Gasteiger partial charge in [0.2, 0.25) is 0 Å². The second kappa shape index (κ2) is 5.69. The van der Waals surface area contributed by atoms with Crippen LogP contribution in [-0.2, 0) is 0 Å². The van der Waals surface area contributed by atoms with Crippen molar-refractivity contribution in [1.82, 2.24) is 14.4 Å². The van der Waals surface area contributed by atoms with E-state index in [4.69, 9.17) is 4.98 Å². The summed E-state index contributed by atoms with van der Waals surface area (Å²) in [5, 5.41) is 3.30. The average molecular weight is 273 g/mol. The van der Waals surface area contributed by atoms with Crippen molar-refractivity contribution in [2.24, 2.45) is 5.92 Å². The molecule has 1 saturated heterocycles. The lowest BCUT2D eigenvalue weighted by Gasteiger charge is -2.19. The van der Waals surface area contributed by atoms with E-state index in [0.717, 1.165) is 42.8 Å². The lowest BCUT2D eigenvalue weighted by atomic mass is 10.0. The number of anilines is 2. The Balaban J connectivity index is 1.91. The van der Waals surface area contributed by atoms with Gasteiger partial charge in [0.15, 0.2) is 11.5 Å². The van der Waals surface area contributed by atoms with E-state index in [0.29, 0.717) is 0 Å². The van der Waals surface area contributed by atoms with Gasteiger partial charge in [-0.25, -0.2) is 9.97 Å². The van der Waals surface area contributed by atoms with Gasteiger partial charge in [0, 0.05) is 32.0 Å². The van der Waals surface area contributed by atoms with Crippen LogP contribution in [0.2, 0.25) is 0 Å².